The zero-order valence-corrected chi connectivity index (χ0v) is 27.9. The van der Waals surface area contributed by atoms with Crippen molar-refractivity contribution in [2.75, 3.05) is 7.11 Å². The topological polar surface area (TPSA) is 121 Å². The molecule has 1 spiro atoms. The van der Waals surface area contributed by atoms with Crippen molar-refractivity contribution < 1.29 is 47.7 Å². The van der Waals surface area contributed by atoms with Crippen LogP contribution in [-0.4, -0.2) is 72.3 Å². The predicted molar refractivity (Wildman–Crippen MR) is 169 cm³/mol. The third-order valence-corrected chi connectivity index (χ3v) is 10.8. The van der Waals surface area contributed by atoms with Gasteiger partial charge in [0, 0.05) is 53.9 Å². The number of allylic oxidation sites excluding steroid dienone is 3. The first-order chi connectivity index (χ1) is 22.4. The van der Waals surface area contributed by atoms with E-state index < -0.39 is 66.1 Å². The van der Waals surface area contributed by atoms with Gasteiger partial charge in [0.2, 0.25) is 6.54 Å². The lowest BCUT2D eigenvalue weighted by Gasteiger charge is -2.49. The maximum Gasteiger partial charge on any atom is 0.373 e. The van der Waals surface area contributed by atoms with Crippen LogP contribution in [0.3, 0.4) is 0 Å². The number of aliphatic hydroxyl groups is 1. The zero-order chi connectivity index (χ0) is 33.6. The summed E-state index contributed by atoms with van der Waals surface area (Å²) in [5.74, 6) is -3.05. The summed E-state index contributed by atoms with van der Waals surface area (Å²) in [6.45, 7) is 9.49. The monoisotopic (exact) mass is 648 g/mol. The second kappa shape index (κ2) is 13.1. The van der Waals surface area contributed by atoms with Crippen LogP contribution in [0.5, 0.6) is 0 Å². The van der Waals surface area contributed by atoms with E-state index in [1.807, 2.05) is 64.3 Å². The van der Waals surface area contributed by atoms with E-state index in [1.54, 1.807) is 23.8 Å². The summed E-state index contributed by atoms with van der Waals surface area (Å²) >= 11 is 0. The molecule has 1 saturated carbocycles. The van der Waals surface area contributed by atoms with Gasteiger partial charge in [0.25, 0.3) is 0 Å². The van der Waals surface area contributed by atoms with Crippen molar-refractivity contribution in [2.45, 2.75) is 96.2 Å². The minimum atomic E-state index is -0.984. The van der Waals surface area contributed by atoms with Crippen LogP contribution < -0.4 is 4.57 Å². The minimum absolute atomic E-state index is 0.0155. The molecule has 10 heteroatoms. The second-order valence-electron chi connectivity index (χ2n) is 13.8. The van der Waals surface area contributed by atoms with E-state index in [2.05, 4.69) is 12.2 Å². The molecule has 6 rings (SSSR count). The van der Waals surface area contributed by atoms with Gasteiger partial charge in [-0.05, 0) is 45.3 Å². The summed E-state index contributed by atoms with van der Waals surface area (Å²) in [5.41, 5.74) is 1.48. The number of carbonyl (C=O) groups is 3. The molecule has 1 aromatic heterocycles. The van der Waals surface area contributed by atoms with Crippen LogP contribution >= 0.6 is 0 Å². The van der Waals surface area contributed by atoms with Crippen LogP contribution in [0.1, 0.15) is 46.1 Å². The van der Waals surface area contributed by atoms with Crippen LogP contribution in [0.2, 0.25) is 0 Å². The van der Waals surface area contributed by atoms with E-state index in [4.69, 9.17) is 23.7 Å². The highest BCUT2D eigenvalue weighted by Crippen LogP contribution is 2.61. The quantitative estimate of drug-likeness (QED) is 0.205. The lowest BCUT2D eigenvalue weighted by Crippen LogP contribution is -2.57. The summed E-state index contributed by atoms with van der Waals surface area (Å²) in [5, 5.41) is 11.9. The van der Waals surface area contributed by atoms with Gasteiger partial charge in [-0.15, -0.1) is 0 Å². The number of cyclic esters (lactones) is 1. The van der Waals surface area contributed by atoms with Crippen molar-refractivity contribution >= 4 is 17.9 Å². The normalized spacial score (nSPS) is 39.2. The summed E-state index contributed by atoms with van der Waals surface area (Å²) in [4.78, 5) is 39.7. The largest absolute Gasteiger partial charge is 0.456 e. The van der Waals surface area contributed by atoms with Gasteiger partial charge in [-0.2, -0.15) is 4.57 Å². The molecule has 0 aromatic carbocycles. The van der Waals surface area contributed by atoms with Crippen LogP contribution in [0.4, 0.5) is 0 Å². The molecule has 252 valence electrons. The molecule has 4 bridgehead atoms. The molecule has 0 amide bonds. The smallest absolute Gasteiger partial charge is 0.373 e. The fourth-order valence-electron chi connectivity index (χ4n) is 8.50. The van der Waals surface area contributed by atoms with Crippen LogP contribution in [0, 0.1) is 36.5 Å². The number of aryl methyl sites for hydroxylation is 1. The van der Waals surface area contributed by atoms with Gasteiger partial charge in [-0.1, -0.05) is 50.3 Å². The molecule has 1 saturated heterocycles. The number of hydrogen-bond acceptors (Lipinski definition) is 9. The Balaban J connectivity index is 1.31. The number of rotatable bonds is 7. The lowest BCUT2D eigenvalue weighted by atomic mass is 9.57. The third kappa shape index (κ3) is 6.00. The Morgan fingerprint density at radius 3 is 2.70 bits per heavy atom. The van der Waals surface area contributed by atoms with Gasteiger partial charge in [0.05, 0.1) is 6.10 Å². The van der Waals surface area contributed by atoms with Crippen molar-refractivity contribution in [3.63, 3.8) is 0 Å². The first-order valence-electron chi connectivity index (χ1n) is 16.6. The van der Waals surface area contributed by atoms with Gasteiger partial charge in [0.1, 0.15) is 30.0 Å². The predicted octanol–water partition coefficient (Wildman–Crippen LogP) is 3.49. The van der Waals surface area contributed by atoms with E-state index in [9.17, 15) is 19.5 Å². The average molecular weight is 649 g/mol. The molecule has 2 fully saturated rings. The maximum absolute atomic E-state index is 13.6. The molecule has 0 radical (unpaired) electrons. The Labute approximate surface area is 276 Å². The number of aromatic nitrogens is 1. The average Bonchev–Trinajstić information content (AvgIpc) is 3.63. The molecule has 47 heavy (non-hydrogen) atoms. The Kier molecular flexibility index (Phi) is 9.30. The number of nitrogens with zero attached hydrogens (tertiary/aromatic N) is 1. The lowest BCUT2D eigenvalue weighted by molar-refractivity contribution is -0.686. The number of ether oxygens (including phenoxy) is 5. The van der Waals surface area contributed by atoms with Crippen molar-refractivity contribution in [3.05, 3.63) is 77.7 Å². The molecule has 5 aliphatic rings. The van der Waals surface area contributed by atoms with Crippen LogP contribution in [0.25, 0.3) is 0 Å². The molecule has 3 heterocycles. The van der Waals surface area contributed by atoms with E-state index in [-0.39, 0.29) is 36.6 Å². The highest BCUT2D eigenvalue weighted by molar-refractivity contribution is 5.90. The maximum atomic E-state index is 13.6. The Hall–Kier alpha value is -3.60. The molecular weight excluding hydrogens is 602 g/mol. The van der Waals surface area contributed by atoms with E-state index >= 15 is 0 Å². The van der Waals surface area contributed by atoms with E-state index in [0.29, 0.717) is 12.0 Å². The van der Waals surface area contributed by atoms with Crippen LogP contribution in [-0.2, 0) is 44.6 Å². The Morgan fingerprint density at radius 1 is 1.21 bits per heavy atom. The summed E-state index contributed by atoms with van der Waals surface area (Å²) in [6.07, 6.45) is 11.5. The van der Waals surface area contributed by atoms with Gasteiger partial charge >= 0.3 is 17.9 Å². The molecule has 12 atom stereocenters. The summed E-state index contributed by atoms with van der Waals surface area (Å²) in [7, 11) is 1.47. The molecule has 1 aromatic rings. The van der Waals surface area contributed by atoms with Crippen molar-refractivity contribution in [1.82, 2.24) is 0 Å². The van der Waals surface area contributed by atoms with E-state index in [0.717, 1.165) is 11.1 Å². The van der Waals surface area contributed by atoms with Gasteiger partial charge < -0.3 is 28.8 Å². The fraction of sp³-hybridized carbons (Fsp3) is 0.568. The molecule has 3 aliphatic carbocycles. The van der Waals surface area contributed by atoms with Gasteiger partial charge in [-0.25, -0.2) is 14.4 Å². The van der Waals surface area contributed by atoms with Gasteiger partial charge in [0.15, 0.2) is 18.5 Å². The summed E-state index contributed by atoms with van der Waals surface area (Å²) < 4.78 is 32.5. The molecular formula is C37H46NO9+. The molecule has 1 N–H and O–H groups in total. The Morgan fingerprint density at radius 2 is 2.00 bits per heavy atom. The van der Waals surface area contributed by atoms with Crippen molar-refractivity contribution in [1.29, 1.82) is 0 Å². The fourth-order valence-corrected chi connectivity index (χ4v) is 8.50. The zero-order valence-electron chi connectivity index (χ0n) is 27.9. The number of aliphatic hydroxyl groups excluding tert-OH is 1. The van der Waals surface area contributed by atoms with Crippen molar-refractivity contribution in [3.8, 4) is 0 Å². The highest BCUT2D eigenvalue weighted by atomic mass is 16.6. The van der Waals surface area contributed by atoms with Crippen molar-refractivity contribution in [2.24, 2.45) is 29.6 Å². The number of carbonyl (C=O) groups excluding carboxylic acids is 3. The number of pyridine rings is 1. The Bertz CT molecular complexity index is 1530. The second-order valence-corrected chi connectivity index (χ2v) is 13.8. The SMILES string of the molecule is CO[C@H]1CC2C=C[C@H]3[C@H]4O[C@]2(/C(C)=C/[C@@H](C)[C@@H]([C@@H](C)OC(=O)C[n+]2cccc(C)c2)OC1=O)[C@@H]3[C@H](O)[C@@H](C)[C@H]4OC(=O)C1=CC=CC1. The number of methoxy groups -OCH3 is 1. The molecule has 1 unspecified atom stereocenters. The highest BCUT2D eigenvalue weighted by Gasteiger charge is 2.69. The van der Waals surface area contributed by atoms with E-state index in [1.165, 1.54) is 7.11 Å². The summed E-state index contributed by atoms with van der Waals surface area (Å²) in [6, 6.07) is 3.81. The number of esters is 3. The standard InChI is InChI=1S/C37H46NO9/c1-20-10-9-15-38(18-20)19-29(39)44-24(5)32-21(2)16-22(3)37-26(17-28(43-6)36(42)45-32)13-14-27-30(37)31(40)23(4)33(34(27)47-37)46-35(41)25-11-7-8-12-25/h7-11,13-16,18,21,23-24,26-28,30-34,40H,12,17,19H2,1-6H3/q+1/b22-16+/t21-,23-,24-,26?,27-,28+,30+,31-,32+,33-,34-,37+/m1/s1. The van der Waals surface area contributed by atoms with Gasteiger partial charge in [-0.3, -0.25) is 0 Å². The third-order valence-electron chi connectivity index (χ3n) is 10.8. The first kappa shape index (κ1) is 33.3. The molecule has 2 aliphatic heterocycles. The first-order valence-corrected chi connectivity index (χ1v) is 16.6. The molecule has 10 nitrogen and oxygen atoms in total. The minimum Gasteiger partial charge on any atom is -0.456 e. The van der Waals surface area contributed by atoms with Crippen LogP contribution in [0.15, 0.2) is 72.1 Å². The number of hydrogen-bond donors (Lipinski definition) is 1.